The van der Waals surface area contributed by atoms with Crippen molar-refractivity contribution in [3.8, 4) is 0 Å². The van der Waals surface area contributed by atoms with E-state index in [0.717, 1.165) is 23.7 Å². The van der Waals surface area contributed by atoms with Gasteiger partial charge in [0.15, 0.2) is 0 Å². The number of anilines is 2. The van der Waals surface area contributed by atoms with E-state index < -0.39 is 0 Å². The van der Waals surface area contributed by atoms with E-state index in [4.69, 9.17) is 0 Å². The molecule has 0 unspecified atom stereocenters. The Balaban J connectivity index is 1.95. The molecule has 0 saturated heterocycles. The smallest absolute Gasteiger partial charge is 0.255 e. The van der Waals surface area contributed by atoms with E-state index in [2.05, 4.69) is 33.5 Å². The Morgan fingerprint density at radius 1 is 0.958 bits per heavy atom. The second-order valence-electron chi connectivity index (χ2n) is 5.55. The number of hydrogen-bond acceptors (Lipinski definition) is 2. The van der Waals surface area contributed by atoms with Gasteiger partial charge in [0.1, 0.15) is 0 Å². The van der Waals surface area contributed by atoms with E-state index in [-0.39, 0.29) is 11.8 Å². The lowest BCUT2D eigenvalue weighted by molar-refractivity contribution is -0.116. The van der Waals surface area contributed by atoms with Crippen molar-refractivity contribution in [1.29, 1.82) is 0 Å². The first-order chi connectivity index (χ1) is 11.6. The van der Waals surface area contributed by atoms with Crippen molar-refractivity contribution < 1.29 is 9.59 Å². The van der Waals surface area contributed by atoms with Gasteiger partial charge in [-0.05, 0) is 48.9 Å². The van der Waals surface area contributed by atoms with Crippen LogP contribution in [0.4, 0.5) is 11.4 Å². The molecule has 0 saturated carbocycles. The average molecular weight is 389 g/mol. The Morgan fingerprint density at radius 2 is 1.62 bits per heavy atom. The first-order valence-electron chi connectivity index (χ1n) is 8.05. The van der Waals surface area contributed by atoms with Gasteiger partial charge in [0.2, 0.25) is 5.91 Å². The fraction of sp³-hybridized carbons (Fsp3) is 0.263. The maximum absolute atomic E-state index is 12.2. The van der Waals surface area contributed by atoms with Gasteiger partial charge in [-0.15, -0.1) is 0 Å². The highest BCUT2D eigenvalue weighted by molar-refractivity contribution is 9.10. The van der Waals surface area contributed by atoms with Crippen LogP contribution in [0.15, 0.2) is 53.0 Å². The molecule has 0 aliphatic carbocycles. The highest BCUT2D eigenvalue weighted by Crippen LogP contribution is 2.17. The molecule has 0 fully saturated rings. The van der Waals surface area contributed by atoms with Crippen LogP contribution >= 0.6 is 15.9 Å². The van der Waals surface area contributed by atoms with Crippen molar-refractivity contribution in [2.45, 2.75) is 32.6 Å². The minimum absolute atomic E-state index is 0.000152. The lowest BCUT2D eigenvalue weighted by atomic mass is 10.2. The molecule has 126 valence electrons. The van der Waals surface area contributed by atoms with Crippen molar-refractivity contribution >= 4 is 39.1 Å². The Labute approximate surface area is 150 Å². The van der Waals surface area contributed by atoms with E-state index in [1.54, 1.807) is 30.3 Å². The molecule has 0 bridgehead atoms. The van der Waals surface area contributed by atoms with Crippen molar-refractivity contribution in [3.63, 3.8) is 0 Å². The van der Waals surface area contributed by atoms with Crippen LogP contribution in [-0.4, -0.2) is 11.8 Å². The van der Waals surface area contributed by atoms with Gasteiger partial charge in [-0.25, -0.2) is 0 Å². The zero-order valence-electron chi connectivity index (χ0n) is 13.6. The van der Waals surface area contributed by atoms with Crippen LogP contribution in [0.2, 0.25) is 0 Å². The molecule has 2 rings (SSSR count). The molecule has 0 aromatic heterocycles. The Bertz CT molecular complexity index is 699. The second-order valence-corrected chi connectivity index (χ2v) is 6.46. The Kier molecular flexibility index (Phi) is 7.00. The fourth-order valence-corrected chi connectivity index (χ4v) is 2.50. The van der Waals surface area contributed by atoms with E-state index in [1.807, 2.05) is 18.2 Å². The summed E-state index contributed by atoms with van der Waals surface area (Å²) >= 11 is 3.34. The average Bonchev–Trinajstić information content (AvgIpc) is 2.56. The third-order valence-corrected chi connectivity index (χ3v) is 4.05. The van der Waals surface area contributed by atoms with Gasteiger partial charge < -0.3 is 10.6 Å². The number of hydrogen-bond donors (Lipinski definition) is 2. The number of carbonyl (C=O) groups is 2. The molecule has 0 spiro atoms. The third-order valence-electron chi connectivity index (χ3n) is 3.52. The molecule has 2 N–H and O–H groups in total. The van der Waals surface area contributed by atoms with Crippen molar-refractivity contribution in [2.75, 3.05) is 10.6 Å². The van der Waals surface area contributed by atoms with Crippen molar-refractivity contribution in [1.82, 2.24) is 0 Å². The molecule has 2 aromatic carbocycles. The van der Waals surface area contributed by atoms with Crippen LogP contribution in [0.5, 0.6) is 0 Å². The number of halogens is 1. The predicted octanol–water partition coefficient (Wildman–Crippen LogP) is 5.22. The van der Waals surface area contributed by atoms with Gasteiger partial charge in [-0.1, -0.05) is 41.8 Å². The van der Waals surface area contributed by atoms with Gasteiger partial charge in [-0.2, -0.15) is 0 Å². The fourth-order valence-electron chi connectivity index (χ4n) is 2.24. The number of nitrogens with one attached hydrogen (secondary N) is 2. The quantitative estimate of drug-likeness (QED) is 0.638. The van der Waals surface area contributed by atoms with Crippen LogP contribution in [0.25, 0.3) is 0 Å². The molecule has 0 aliphatic rings. The zero-order valence-corrected chi connectivity index (χ0v) is 15.2. The summed E-state index contributed by atoms with van der Waals surface area (Å²) in [6.07, 6.45) is 3.55. The monoisotopic (exact) mass is 388 g/mol. The molecule has 2 amide bonds. The largest absolute Gasteiger partial charge is 0.326 e. The zero-order chi connectivity index (χ0) is 17.4. The first-order valence-corrected chi connectivity index (χ1v) is 8.84. The lowest BCUT2D eigenvalue weighted by Gasteiger charge is -2.09. The molecule has 24 heavy (non-hydrogen) atoms. The van der Waals surface area contributed by atoms with Crippen LogP contribution in [0, 0.1) is 0 Å². The molecule has 0 aliphatic heterocycles. The molecule has 5 heteroatoms. The summed E-state index contributed by atoms with van der Waals surface area (Å²) in [5.41, 5.74) is 1.91. The summed E-state index contributed by atoms with van der Waals surface area (Å²) in [5, 5.41) is 5.70. The number of rotatable bonds is 7. The van der Waals surface area contributed by atoms with E-state index >= 15 is 0 Å². The van der Waals surface area contributed by atoms with Gasteiger partial charge in [0.05, 0.1) is 0 Å². The summed E-state index contributed by atoms with van der Waals surface area (Å²) in [6.45, 7) is 2.11. The number of carbonyl (C=O) groups excluding carboxylic acids is 2. The normalized spacial score (nSPS) is 10.2. The summed E-state index contributed by atoms with van der Waals surface area (Å²) in [7, 11) is 0. The minimum Gasteiger partial charge on any atom is -0.326 e. The summed E-state index contributed by atoms with van der Waals surface area (Å²) < 4.78 is 0.923. The molecule has 0 heterocycles. The van der Waals surface area contributed by atoms with Crippen molar-refractivity contribution in [3.05, 3.63) is 58.6 Å². The Morgan fingerprint density at radius 3 is 2.29 bits per heavy atom. The van der Waals surface area contributed by atoms with Crippen molar-refractivity contribution in [2.24, 2.45) is 0 Å². The third kappa shape index (κ3) is 5.81. The van der Waals surface area contributed by atoms with Crippen LogP contribution in [0.1, 0.15) is 43.0 Å². The van der Waals surface area contributed by atoms with Gasteiger partial charge in [-0.3, -0.25) is 9.59 Å². The van der Waals surface area contributed by atoms with Gasteiger partial charge >= 0.3 is 0 Å². The molecule has 0 radical (unpaired) electrons. The second kappa shape index (κ2) is 9.23. The number of benzene rings is 2. The maximum Gasteiger partial charge on any atom is 0.255 e. The summed E-state index contributed by atoms with van der Waals surface area (Å²) in [5.74, 6) is -0.186. The Hall–Kier alpha value is -2.14. The van der Waals surface area contributed by atoms with E-state index in [1.165, 1.54) is 0 Å². The first kappa shape index (κ1) is 18.2. The highest BCUT2D eigenvalue weighted by Gasteiger charge is 2.07. The standard InChI is InChI=1S/C19H21BrN2O2/c1-2-3-4-8-18(23)21-16-6-5-7-17(13-16)22-19(24)14-9-11-15(20)12-10-14/h5-7,9-13H,2-4,8H2,1H3,(H,21,23)(H,22,24). The predicted molar refractivity (Wildman–Crippen MR) is 101 cm³/mol. The number of unbranched alkanes of at least 4 members (excludes halogenated alkanes) is 2. The van der Waals surface area contributed by atoms with Crippen LogP contribution < -0.4 is 10.6 Å². The summed E-state index contributed by atoms with van der Waals surface area (Å²) in [4.78, 5) is 24.1. The minimum atomic E-state index is -0.186. The number of amides is 2. The lowest BCUT2D eigenvalue weighted by Crippen LogP contribution is -2.13. The maximum atomic E-state index is 12.2. The SMILES string of the molecule is CCCCCC(=O)Nc1cccc(NC(=O)c2ccc(Br)cc2)c1. The van der Waals surface area contributed by atoms with Gasteiger partial charge in [0, 0.05) is 27.8 Å². The van der Waals surface area contributed by atoms with E-state index in [0.29, 0.717) is 23.4 Å². The van der Waals surface area contributed by atoms with E-state index in [9.17, 15) is 9.59 Å². The summed E-state index contributed by atoms with van der Waals surface area (Å²) in [6, 6.07) is 14.3. The molecular weight excluding hydrogens is 368 g/mol. The highest BCUT2D eigenvalue weighted by atomic mass is 79.9. The van der Waals surface area contributed by atoms with Gasteiger partial charge in [0.25, 0.3) is 5.91 Å². The molecule has 0 atom stereocenters. The molecular formula is C19H21BrN2O2. The molecule has 4 nitrogen and oxygen atoms in total. The van der Waals surface area contributed by atoms with Crippen LogP contribution in [-0.2, 0) is 4.79 Å². The topological polar surface area (TPSA) is 58.2 Å². The molecule has 2 aromatic rings. The van der Waals surface area contributed by atoms with Crippen LogP contribution in [0.3, 0.4) is 0 Å².